The minimum atomic E-state index is 0.777. The molecule has 0 N–H and O–H groups in total. The van der Waals surface area contributed by atoms with Crippen LogP contribution in [-0.4, -0.2) is 21.7 Å². The van der Waals surface area contributed by atoms with Crippen molar-refractivity contribution in [3.63, 3.8) is 0 Å². The van der Waals surface area contributed by atoms with E-state index in [2.05, 4.69) is 33.2 Å². The van der Waals surface area contributed by atoms with Gasteiger partial charge in [0.2, 0.25) is 0 Å². The third-order valence-electron chi connectivity index (χ3n) is 2.28. The number of aromatic nitrogens is 3. The Morgan fingerprint density at radius 2 is 2.00 bits per heavy atom. The highest BCUT2D eigenvalue weighted by Gasteiger charge is 2.11. The Morgan fingerprint density at radius 1 is 1.20 bits per heavy atom. The molecule has 3 aromatic heterocycles. The van der Waals surface area contributed by atoms with Gasteiger partial charge in [0.15, 0.2) is 8.68 Å². The van der Waals surface area contributed by atoms with E-state index in [0.717, 1.165) is 29.7 Å². The fourth-order valence-corrected chi connectivity index (χ4v) is 5.73. The van der Waals surface area contributed by atoms with Gasteiger partial charge in [0.05, 0.1) is 0 Å². The maximum atomic E-state index is 4.52. The van der Waals surface area contributed by atoms with E-state index in [-0.39, 0.29) is 0 Å². The molecule has 0 saturated heterocycles. The Bertz CT molecular complexity index is 718. The van der Waals surface area contributed by atoms with Gasteiger partial charge in [-0.3, -0.25) is 4.99 Å². The highest BCUT2D eigenvalue weighted by molar-refractivity contribution is 8.77. The van der Waals surface area contributed by atoms with Crippen LogP contribution < -0.4 is 0 Å². The van der Waals surface area contributed by atoms with Crippen molar-refractivity contribution in [2.24, 2.45) is 4.99 Å². The van der Waals surface area contributed by atoms with Crippen LogP contribution >= 0.6 is 44.3 Å². The van der Waals surface area contributed by atoms with Gasteiger partial charge in [-0.25, -0.2) is 15.0 Å². The second-order valence-electron chi connectivity index (χ2n) is 3.51. The zero-order chi connectivity index (χ0) is 13.9. The molecule has 100 valence electrons. The summed E-state index contributed by atoms with van der Waals surface area (Å²) in [5.41, 5.74) is 1.71. The molecule has 20 heavy (non-hydrogen) atoms. The molecule has 0 atom stereocenters. The van der Waals surface area contributed by atoms with Gasteiger partial charge in [0.1, 0.15) is 21.0 Å². The third kappa shape index (κ3) is 2.78. The maximum absolute atomic E-state index is 4.52. The van der Waals surface area contributed by atoms with E-state index in [4.69, 9.17) is 0 Å². The van der Waals surface area contributed by atoms with Gasteiger partial charge in [-0.15, -0.1) is 0 Å². The maximum Gasteiger partial charge on any atom is 0.163 e. The van der Waals surface area contributed by atoms with Crippen molar-refractivity contribution in [2.45, 2.75) is 8.68 Å². The van der Waals surface area contributed by atoms with E-state index in [9.17, 15) is 0 Å². The van der Waals surface area contributed by atoms with E-state index in [0.29, 0.717) is 0 Å². The first-order chi connectivity index (χ1) is 9.80. The zero-order valence-corrected chi connectivity index (χ0v) is 13.4. The molecule has 0 radical (unpaired) electrons. The fraction of sp³-hybridized carbons (Fsp3) is 0. The number of fused-ring (bicyclic) bond motifs is 1. The van der Waals surface area contributed by atoms with Gasteiger partial charge in [-0.05, 0) is 46.5 Å². The second kappa shape index (κ2) is 6.04. The Labute approximate surface area is 131 Å². The minimum Gasteiger partial charge on any atom is -0.251 e. The molecule has 0 aliphatic heterocycles. The first-order valence-electron chi connectivity index (χ1n) is 5.46. The van der Waals surface area contributed by atoms with Crippen LogP contribution in [0.2, 0.25) is 0 Å². The van der Waals surface area contributed by atoms with Crippen molar-refractivity contribution in [1.82, 2.24) is 15.0 Å². The summed E-state index contributed by atoms with van der Waals surface area (Å²) in [6, 6.07) is 3.86. The Kier molecular flexibility index (Phi) is 4.16. The molecule has 3 aromatic rings. The molecule has 0 saturated carbocycles. The highest BCUT2D eigenvalue weighted by Crippen LogP contribution is 2.44. The quantitative estimate of drug-likeness (QED) is 0.489. The Hall–Kier alpha value is -1.22. The summed E-state index contributed by atoms with van der Waals surface area (Å²) in [6.45, 7) is 7.26. The van der Waals surface area contributed by atoms with Gasteiger partial charge in [0.25, 0.3) is 0 Å². The lowest BCUT2D eigenvalue weighted by atomic mass is 10.5. The molecule has 4 nitrogen and oxygen atoms in total. The molecule has 0 amide bonds. The summed E-state index contributed by atoms with van der Waals surface area (Å²) in [7, 11) is 3.14. The van der Waals surface area contributed by atoms with Crippen LogP contribution in [0.1, 0.15) is 5.69 Å². The van der Waals surface area contributed by atoms with Gasteiger partial charge >= 0.3 is 0 Å². The first-order valence-corrected chi connectivity index (χ1v) is 9.24. The summed E-state index contributed by atoms with van der Waals surface area (Å²) in [4.78, 5) is 18.1. The lowest BCUT2D eigenvalue weighted by Gasteiger charge is -1.90. The molecule has 3 heterocycles. The van der Waals surface area contributed by atoms with E-state index in [1.165, 1.54) is 11.3 Å². The Balaban J connectivity index is 1.77. The molecular formula is C12H8N4S4. The topological polar surface area (TPSA) is 51.0 Å². The number of rotatable bonds is 5. The van der Waals surface area contributed by atoms with Crippen LogP contribution in [0.15, 0.2) is 38.6 Å². The number of nitrogens with zero attached hydrogens (tertiary/aromatic N) is 4. The van der Waals surface area contributed by atoms with Gasteiger partial charge < -0.3 is 0 Å². The molecule has 0 spiro atoms. The molecule has 0 aromatic carbocycles. The number of thiazole rings is 2. The van der Waals surface area contributed by atoms with Gasteiger partial charge in [0, 0.05) is 6.20 Å². The number of hydrogen-bond donors (Lipinski definition) is 0. The van der Waals surface area contributed by atoms with Crippen LogP contribution in [0.3, 0.4) is 0 Å². The van der Waals surface area contributed by atoms with Crippen molar-refractivity contribution in [3.8, 4) is 0 Å². The van der Waals surface area contributed by atoms with Crippen LogP contribution in [0, 0.1) is 0 Å². The molecule has 0 aliphatic rings. The van der Waals surface area contributed by atoms with E-state index >= 15 is 0 Å². The zero-order valence-electron chi connectivity index (χ0n) is 10.1. The van der Waals surface area contributed by atoms with E-state index in [1.807, 2.05) is 12.1 Å². The summed E-state index contributed by atoms with van der Waals surface area (Å²) in [5.74, 6) is 0. The van der Waals surface area contributed by atoms with Crippen molar-refractivity contribution < 1.29 is 0 Å². The monoisotopic (exact) mass is 336 g/mol. The first kappa shape index (κ1) is 13.7. The third-order valence-corrected chi connectivity index (χ3v) is 7.24. The van der Waals surface area contributed by atoms with Crippen LogP contribution in [0.5, 0.6) is 0 Å². The van der Waals surface area contributed by atoms with E-state index < -0.39 is 0 Å². The molecule has 8 heteroatoms. The fourth-order valence-electron chi connectivity index (χ4n) is 1.44. The number of hydrogen-bond acceptors (Lipinski definition) is 8. The van der Waals surface area contributed by atoms with Gasteiger partial charge in [-0.2, -0.15) is 0 Å². The van der Waals surface area contributed by atoms with Crippen molar-refractivity contribution in [1.29, 1.82) is 0 Å². The van der Waals surface area contributed by atoms with E-state index in [1.54, 1.807) is 45.2 Å². The van der Waals surface area contributed by atoms with Crippen LogP contribution in [0.25, 0.3) is 16.4 Å². The molecule has 0 fully saturated rings. The predicted molar refractivity (Wildman–Crippen MR) is 90.5 cm³/mol. The molecule has 3 rings (SSSR count). The lowest BCUT2D eigenvalue weighted by molar-refractivity contribution is 1.23. The smallest absolute Gasteiger partial charge is 0.163 e. The average Bonchev–Trinajstić information content (AvgIpc) is 3.07. The highest BCUT2D eigenvalue weighted by atomic mass is 33.1. The van der Waals surface area contributed by atoms with Crippen molar-refractivity contribution in [2.75, 3.05) is 0 Å². The average molecular weight is 336 g/mol. The predicted octanol–water partition coefficient (Wildman–Crippen LogP) is 4.92. The Morgan fingerprint density at radius 3 is 2.65 bits per heavy atom. The summed E-state index contributed by atoms with van der Waals surface area (Å²) < 4.78 is 1.88. The minimum absolute atomic E-state index is 0.777. The second-order valence-corrected chi connectivity index (χ2v) is 8.09. The molecule has 0 unspecified atom stereocenters. The van der Waals surface area contributed by atoms with Crippen LogP contribution in [0.4, 0.5) is 5.00 Å². The largest absolute Gasteiger partial charge is 0.251 e. The number of pyridine rings is 1. The van der Waals surface area contributed by atoms with Crippen molar-refractivity contribution >= 4 is 72.4 Å². The lowest BCUT2D eigenvalue weighted by Crippen LogP contribution is -1.71. The SMILES string of the molecule is C=Cc1nc(SSc2nc3cccnc3s2)sc1N=C. The normalized spacial score (nSPS) is 10.8. The standard InChI is InChI=1S/C12H8N4S4/c1-3-7-9(13-2)17-11(15-7)19-20-12-16-8-5-4-6-14-10(8)18-12/h3-6H,1-2H2. The molecule has 0 aliphatic carbocycles. The molecular weight excluding hydrogens is 328 g/mol. The summed E-state index contributed by atoms with van der Waals surface area (Å²) >= 11 is 3.08. The van der Waals surface area contributed by atoms with Crippen molar-refractivity contribution in [3.05, 3.63) is 30.6 Å². The van der Waals surface area contributed by atoms with Crippen LogP contribution in [-0.2, 0) is 0 Å². The van der Waals surface area contributed by atoms with Gasteiger partial charge in [-0.1, -0.05) is 29.3 Å². The number of aliphatic imine (C=N–C) groups is 1. The molecule has 0 bridgehead atoms. The summed E-state index contributed by atoms with van der Waals surface area (Å²) in [6.07, 6.45) is 3.47. The summed E-state index contributed by atoms with van der Waals surface area (Å²) in [5, 5.41) is 0.800.